The number of piperazine rings is 2. The smallest absolute Gasteiger partial charge is 0.345 e. The highest BCUT2D eigenvalue weighted by atomic mass is 127. The molecule has 4 aliphatic heterocycles. The Kier molecular flexibility index (Phi) is 19.9. The summed E-state index contributed by atoms with van der Waals surface area (Å²) < 4.78 is 105. The van der Waals surface area contributed by atoms with Gasteiger partial charge in [-0.1, -0.05) is 31.7 Å². The quantitative estimate of drug-likeness (QED) is 0.156. The van der Waals surface area contributed by atoms with E-state index in [1.54, 1.807) is 32.0 Å². The van der Waals surface area contributed by atoms with Crippen molar-refractivity contribution in [3.05, 3.63) is 134 Å². The Morgan fingerprint density at radius 3 is 1.45 bits per heavy atom. The predicted octanol–water partition coefficient (Wildman–Crippen LogP) is 7.74. The minimum Gasteiger partial charge on any atom is -0.345 e. The molecule has 0 radical (unpaired) electrons. The molecule has 396 valence electrons. The Hall–Kier alpha value is -6.45. The third-order valence-electron chi connectivity index (χ3n) is 12.6. The zero-order valence-corrected chi connectivity index (χ0v) is 43.1. The van der Waals surface area contributed by atoms with Gasteiger partial charge in [-0.3, -0.25) is 33.7 Å². The second-order valence-electron chi connectivity index (χ2n) is 17.0. The number of hydrogen-bond donors (Lipinski definition) is 1. The predicted molar refractivity (Wildman–Crippen MR) is 271 cm³/mol. The molecule has 0 unspecified atom stereocenters. The average molecular weight is 1190 g/mol. The molecule has 4 heterocycles. The molecule has 2 spiro atoms. The van der Waals surface area contributed by atoms with Gasteiger partial charge in [-0.2, -0.15) is 63.9 Å². The van der Waals surface area contributed by atoms with Crippen LogP contribution < -0.4 is 10.2 Å². The maximum absolute atomic E-state index is 14.7. The van der Waals surface area contributed by atoms with E-state index in [-0.39, 0.29) is 108 Å². The van der Waals surface area contributed by atoms with Gasteiger partial charge in [0, 0.05) is 17.4 Å². The van der Waals surface area contributed by atoms with Crippen LogP contribution >= 0.6 is 49.6 Å². The summed E-state index contributed by atoms with van der Waals surface area (Å²) in [5.74, 6) is -3.57. The first-order valence-corrected chi connectivity index (χ1v) is 22.4. The molecule has 0 aromatic heterocycles. The molecule has 0 bridgehead atoms. The number of benzene rings is 4. The molecule has 6 amide bonds. The molecule has 0 aliphatic carbocycles. The summed E-state index contributed by atoms with van der Waals surface area (Å²) in [5, 5.41) is 19.8. The molecule has 4 aromatic rings. The number of alkyl halides is 6. The number of carbonyl (C=O) groups excluding carboxylic acids is 6. The molecule has 4 aliphatic rings. The Bertz CT molecular complexity index is 2870. The van der Waals surface area contributed by atoms with Gasteiger partial charge in [0.25, 0.3) is 5.91 Å². The summed E-state index contributed by atoms with van der Waals surface area (Å²) in [6, 6.07) is 19.0. The van der Waals surface area contributed by atoms with Crippen molar-refractivity contribution in [3.8, 4) is 12.1 Å². The van der Waals surface area contributed by atoms with Crippen molar-refractivity contribution in [2.24, 2.45) is 0 Å². The van der Waals surface area contributed by atoms with Crippen LogP contribution in [0, 0.1) is 37.9 Å². The largest absolute Gasteiger partial charge is 0.416 e. The monoisotopic (exact) mass is 1190 g/mol. The lowest BCUT2D eigenvalue weighted by molar-refractivity contribution is -0.174. The fourth-order valence-corrected chi connectivity index (χ4v) is 9.09. The first-order chi connectivity index (χ1) is 33.2. The number of amides is 6. The van der Waals surface area contributed by atoms with E-state index in [0.717, 1.165) is 35.2 Å². The maximum atomic E-state index is 14.7. The Balaban J connectivity index is 0.000000326. The summed E-state index contributed by atoms with van der Waals surface area (Å²) in [4.78, 5) is 81.9. The number of hydrogen-bond acceptors (Lipinski definition) is 8. The van der Waals surface area contributed by atoms with Crippen LogP contribution in [0.4, 0.5) is 40.8 Å². The van der Waals surface area contributed by atoms with Crippen LogP contribution in [0.25, 0.3) is 0 Å². The minimum absolute atomic E-state index is 0. The molecule has 2 atom stereocenters. The average Bonchev–Trinajstić information content (AvgIpc) is 3.29. The number of nitrogens with one attached hydrogen (secondary N) is 1. The van der Waals surface area contributed by atoms with Crippen LogP contribution in [-0.2, 0) is 41.1 Å². The summed E-state index contributed by atoms with van der Waals surface area (Å²) in [7, 11) is 0. The fourth-order valence-electron chi connectivity index (χ4n) is 8.76. The van der Waals surface area contributed by atoms with Crippen molar-refractivity contribution in [1.29, 1.82) is 10.5 Å². The lowest BCUT2D eigenvalue weighted by Crippen LogP contribution is -2.81. The lowest BCUT2D eigenvalue weighted by atomic mass is 9.81. The zero-order valence-electron chi connectivity index (χ0n) is 39.0. The third-order valence-corrected chi connectivity index (χ3v) is 13.4. The topological polar surface area (TPSA) is 178 Å². The summed E-state index contributed by atoms with van der Waals surface area (Å²) in [6.07, 6.45) is -8.97. The zero-order chi connectivity index (χ0) is 52.5. The van der Waals surface area contributed by atoms with Gasteiger partial charge < -0.3 is 24.9 Å². The molecular weight excluding hydrogens is 1140 g/mol. The molecule has 74 heavy (non-hydrogen) atoms. The van der Waals surface area contributed by atoms with E-state index in [0.29, 0.717) is 20.3 Å². The van der Waals surface area contributed by atoms with Crippen LogP contribution in [0.1, 0.15) is 80.6 Å². The summed E-state index contributed by atoms with van der Waals surface area (Å²) >= 11 is 1.87. The minimum atomic E-state index is -4.53. The number of likely N-dealkylation sites (tertiary alicyclic amines) is 2. The van der Waals surface area contributed by atoms with Crippen LogP contribution in [0.5, 0.6) is 0 Å². The highest BCUT2D eigenvalue weighted by molar-refractivity contribution is 14.1. The molecular formula is C49H49F8IN8O6S2. The maximum Gasteiger partial charge on any atom is 0.416 e. The number of rotatable bonds is 5. The summed E-state index contributed by atoms with van der Waals surface area (Å²) in [6.45, 7) is 5.14. The van der Waals surface area contributed by atoms with Gasteiger partial charge in [-0.05, 0) is 108 Å². The van der Waals surface area contributed by atoms with Crippen LogP contribution in [0.3, 0.4) is 0 Å². The van der Waals surface area contributed by atoms with Gasteiger partial charge in [0.1, 0.15) is 18.2 Å². The van der Waals surface area contributed by atoms with E-state index in [1.165, 1.54) is 75.9 Å². The van der Waals surface area contributed by atoms with Crippen molar-refractivity contribution in [2.45, 2.75) is 70.6 Å². The SMILES string of the molecule is C.CC(=O)N1CC2(C1)C(=O)N(c1ccc(C#N)cc1F)CC(=O)N2[C@@H](C)c1ccc(C(F)(F)F)cc1.CC(=O)N1CC2(C1)C(=O)NCC(=O)N2[C@@H](C)c1ccc(C(F)(F)F)cc1.N#Cc1ccc(I)c(F)c1.S.S. The normalized spacial score (nSPS) is 17.1. The van der Waals surface area contributed by atoms with E-state index < -0.39 is 70.8 Å². The molecule has 0 saturated carbocycles. The Morgan fingerprint density at radius 1 is 0.649 bits per heavy atom. The summed E-state index contributed by atoms with van der Waals surface area (Å²) in [5.41, 5.74) is -3.23. The van der Waals surface area contributed by atoms with Gasteiger partial charge in [0.05, 0.1) is 84.9 Å². The molecule has 14 nitrogen and oxygen atoms in total. The second-order valence-corrected chi connectivity index (χ2v) is 18.2. The van der Waals surface area contributed by atoms with Crippen molar-refractivity contribution < 1.29 is 63.9 Å². The molecule has 4 saturated heterocycles. The Morgan fingerprint density at radius 2 is 1.05 bits per heavy atom. The number of halogens is 9. The van der Waals surface area contributed by atoms with Crippen LogP contribution in [0.2, 0.25) is 0 Å². The van der Waals surface area contributed by atoms with Crippen LogP contribution in [-0.4, -0.2) is 105 Å². The van der Waals surface area contributed by atoms with E-state index in [4.69, 9.17) is 10.5 Å². The number of carbonyl (C=O) groups is 6. The van der Waals surface area contributed by atoms with Crippen molar-refractivity contribution in [3.63, 3.8) is 0 Å². The van der Waals surface area contributed by atoms with Gasteiger partial charge in [0.15, 0.2) is 11.1 Å². The van der Waals surface area contributed by atoms with E-state index in [1.807, 2.05) is 28.7 Å². The number of anilines is 1. The second kappa shape index (κ2) is 23.8. The van der Waals surface area contributed by atoms with E-state index >= 15 is 0 Å². The van der Waals surface area contributed by atoms with Gasteiger partial charge >= 0.3 is 12.4 Å². The molecule has 4 fully saturated rings. The molecule has 8 rings (SSSR count). The van der Waals surface area contributed by atoms with Crippen molar-refractivity contribution >= 4 is 90.7 Å². The van der Waals surface area contributed by atoms with Crippen LogP contribution in [0.15, 0.2) is 84.9 Å². The Labute approximate surface area is 448 Å². The number of nitrogens with zero attached hydrogens (tertiary/aromatic N) is 7. The highest BCUT2D eigenvalue weighted by Gasteiger charge is 2.62. The molecule has 25 heteroatoms. The third kappa shape index (κ3) is 12.4. The first kappa shape index (κ1) is 61.8. The van der Waals surface area contributed by atoms with Gasteiger partial charge in [-0.25, -0.2) is 8.78 Å². The first-order valence-electron chi connectivity index (χ1n) is 21.3. The highest BCUT2D eigenvalue weighted by Crippen LogP contribution is 2.43. The van der Waals surface area contributed by atoms with Crippen molar-refractivity contribution in [2.75, 3.05) is 44.2 Å². The molecule has 4 aromatic carbocycles. The van der Waals surface area contributed by atoms with E-state index in [9.17, 15) is 63.9 Å². The molecule has 1 N–H and O–H groups in total. The van der Waals surface area contributed by atoms with E-state index in [2.05, 4.69) is 5.32 Å². The van der Waals surface area contributed by atoms with Gasteiger partial charge in [-0.15, -0.1) is 0 Å². The lowest BCUT2D eigenvalue weighted by Gasteiger charge is -2.59. The standard InChI is InChI=1S/C24H20F4N4O3.C17H18F3N3O3.C7H3FIN.CH4.2H2S/c1-14(17-4-6-18(7-5-17)24(26,27)28)32-21(34)11-31(20-8-3-16(10-29)9-19(20)25)22(35)23(32)12-30(13-23)15(2)33;1-10(12-3-5-13(6-4-12)17(18,19)20)23-14(25)7-21-15(26)16(23)8-22(9-16)11(2)24;8-6-3-5(4-10)1-2-7(6)9;;;/h3-9,14H,11-13H2,1-2H3;3-6,10H,7-9H2,1-2H3,(H,21,26);1-3H;1H4;2*1H2/t14-;10-;;;;/m00..../s1. The fraction of sp³-hybridized carbons (Fsp3) is 0.347. The number of nitriles is 2. The van der Waals surface area contributed by atoms with Crippen molar-refractivity contribution in [1.82, 2.24) is 24.9 Å². The van der Waals surface area contributed by atoms with Gasteiger partial charge in [0.2, 0.25) is 29.5 Å².